The molecule has 154 valence electrons. The first-order valence-electron chi connectivity index (χ1n) is 9.95. The highest BCUT2D eigenvalue weighted by Crippen LogP contribution is 2.28. The number of carbonyl (C=O) groups is 2. The summed E-state index contributed by atoms with van der Waals surface area (Å²) in [6, 6.07) is 16.8. The van der Waals surface area contributed by atoms with Gasteiger partial charge in [-0.3, -0.25) is 9.59 Å². The number of hydrogen-bond donors (Lipinski definition) is 2. The number of nitrogens with zero attached hydrogens (tertiary/aromatic N) is 1. The molecule has 0 saturated carbocycles. The third kappa shape index (κ3) is 4.58. The van der Waals surface area contributed by atoms with Crippen molar-refractivity contribution in [1.29, 1.82) is 0 Å². The molecule has 1 aliphatic rings. The van der Waals surface area contributed by atoms with Crippen LogP contribution in [0.4, 0.5) is 5.69 Å². The van der Waals surface area contributed by atoms with Crippen molar-refractivity contribution in [1.82, 2.24) is 10.3 Å². The van der Waals surface area contributed by atoms with Crippen LogP contribution in [0.1, 0.15) is 38.6 Å². The number of para-hydroxylation sites is 1. The van der Waals surface area contributed by atoms with Crippen LogP contribution >= 0.6 is 11.3 Å². The normalized spacial score (nSPS) is 15.7. The van der Waals surface area contributed by atoms with Crippen LogP contribution < -0.4 is 10.6 Å². The molecule has 1 saturated heterocycles. The number of amides is 2. The van der Waals surface area contributed by atoms with Crippen molar-refractivity contribution in [2.75, 3.05) is 18.5 Å². The van der Waals surface area contributed by atoms with E-state index >= 15 is 0 Å². The number of hydrogen-bond acceptors (Lipinski definition) is 5. The van der Waals surface area contributed by atoms with Gasteiger partial charge in [0.1, 0.15) is 9.88 Å². The fraction of sp³-hybridized carbons (Fsp3) is 0.261. The fourth-order valence-corrected chi connectivity index (χ4v) is 4.35. The molecule has 2 amide bonds. The molecule has 0 bridgehead atoms. The van der Waals surface area contributed by atoms with Gasteiger partial charge in [-0.1, -0.05) is 42.5 Å². The third-order valence-corrected chi connectivity index (χ3v) is 6.16. The molecule has 2 heterocycles. The second kappa shape index (κ2) is 9.19. The zero-order valence-corrected chi connectivity index (χ0v) is 17.5. The zero-order valence-electron chi connectivity index (χ0n) is 16.7. The lowest BCUT2D eigenvalue weighted by Crippen LogP contribution is -2.32. The molecular weight excluding hydrogens is 398 g/mol. The summed E-state index contributed by atoms with van der Waals surface area (Å²) in [7, 11) is 0. The standard InChI is InChI=1S/C23H23N3O3S/c1-15-20(30-23(25-15)16-8-3-2-4-9-16)22(28)26-19-12-6-5-11-18(19)21(27)24-14-17-10-7-13-29-17/h2-6,8-9,11-12,17H,7,10,13-14H2,1H3,(H,24,27)(H,26,28). The Morgan fingerprint density at radius 2 is 1.87 bits per heavy atom. The van der Waals surface area contributed by atoms with Gasteiger partial charge >= 0.3 is 0 Å². The Morgan fingerprint density at radius 1 is 1.10 bits per heavy atom. The van der Waals surface area contributed by atoms with Gasteiger partial charge in [0.25, 0.3) is 11.8 Å². The van der Waals surface area contributed by atoms with Crippen LogP contribution in [0.3, 0.4) is 0 Å². The number of rotatable bonds is 6. The summed E-state index contributed by atoms with van der Waals surface area (Å²) in [6.45, 7) is 3.03. The van der Waals surface area contributed by atoms with E-state index in [0.717, 1.165) is 30.0 Å². The SMILES string of the molecule is Cc1nc(-c2ccccc2)sc1C(=O)Nc1ccccc1C(=O)NCC1CCCO1. The largest absolute Gasteiger partial charge is 0.376 e. The molecule has 2 aromatic carbocycles. The highest BCUT2D eigenvalue weighted by molar-refractivity contribution is 7.17. The number of benzene rings is 2. The average molecular weight is 422 g/mol. The molecule has 0 spiro atoms. The topological polar surface area (TPSA) is 80.3 Å². The van der Waals surface area contributed by atoms with E-state index in [1.807, 2.05) is 37.3 Å². The van der Waals surface area contributed by atoms with Crippen molar-refractivity contribution in [3.63, 3.8) is 0 Å². The van der Waals surface area contributed by atoms with Gasteiger partial charge in [0.15, 0.2) is 0 Å². The van der Waals surface area contributed by atoms with Gasteiger partial charge in [0.05, 0.1) is 23.0 Å². The van der Waals surface area contributed by atoms with Crippen LogP contribution in [0.15, 0.2) is 54.6 Å². The van der Waals surface area contributed by atoms with E-state index in [1.165, 1.54) is 11.3 Å². The number of aromatic nitrogens is 1. The van der Waals surface area contributed by atoms with Crippen LogP contribution in [0.2, 0.25) is 0 Å². The summed E-state index contributed by atoms with van der Waals surface area (Å²) < 4.78 is 5.55. The lowest BCUT2D eigenvalue weighted by molar-refractivity contribution is 0.0858. The Labute approximate surface area is 179 Å². The van der Waals surface area contributed by atoms with E-state index in [-0.39, 0.29) is 17.9 Å². The second-order valence-electron chi connectivity index (χ2n) is 7.14. The minimum absolute atomic E-state index is 0.0620. The smallest absolute Gasteiger partial charge is 0.267 e. The van der Waals surface area contributed by atoms with Crippen LogP contribution in [0.25, 0.3) is 10.6 Å². The number of thiazole rings is 1. The van der Waals surface area contributed by atoms with E-state index in [9.17, 15) is 9.59 Å². The zero-order chi connectivity index (χ0) is 20.9. The predicted octanol–water partition coefficient (Wildman–Crippen LogP) is 4.28. The molecule has 0 aliphatic carbocycles. The first-order valence-corrected chi connectivity index (χ1v) is 10.8. The molecule has 6 nitrogen and oxygen atoms in total. The summed E-state index contributed by atoms with van der Waals surface area (Å²) in [5, 5.41) is 6.58. The molecule has 7 heteroatoms. The van der Waals surface area contributed by atoms with Crippen LogP contribution in [0.5, 0.6) is 0 Å². The summed E-state index contributed by atoms with van der Waals surface area (Å²) in [4.78, 5) is 30.7. The molecule has 4 rings (SSSR count). The molecule has 1 fully saturated rings. The van der Waals surface area contributed by atoms with Crippen LogP contribution in [0, 0.1) is 6.92 Å². The lowest BCUT2D eigenvalue weighted by atomic mass is 10.1. The molecule has 0 radical (unpaired) electrons. The van der Waals surface area contributed by atoms with Gasteiger partial charge in [-0.2, -0.15) is 0 Å². The first kappa shape index (κ1) is 20.3. The van der Waals surface area contributed by atoms with Gasteiger partial charge in [-0.15, -0.1) is 11.3 Å². The summed E-state index contributed by atoms with van der Waals surface area (Å²) in [5.74, 6) is -0.501. The van der Waals surface area contributed by atoms with E-state index in [2.05, 4.69) is 15.6 Å². The van der Waals surface area contributed by atoms with Crippen molar-refractivity contribution in [2.45, 2.75) is 25.9 Å². The van der Waals surface area contributed by atoms with E-state index < -0.39 is 0 Å². The fourth-order valence-electron chi connectivity index (χ4n) is 3.39. The van der Waals surface area contributed by atoms with Gasteiger partial charge in [-0.25, -0.2) is 4.98 Å². The van der Waals surface area contributed by atoms with Gasteiger partial charge in [0, 0.05) is 18.7 Å². The number of nitrogens with one attached hydrogen (secondary N) is 2. The van der Waals surface area contributed by atoms with Crippen molar-refractivity contribution in [3.05, 3.63) is 70.7 Å². The monoisotopic (exact) mass is 421 g/mol. The summed E-state index contributed by atoms with van der Waals surface area (Å²) in [5.41, 5.74) is 2.53. The van der Waals surface area contributed by atoms with Crippen LogP contribution in [-0.2, 0) is 4.74 Å². The lowest BCUT2D eigenvalue weighted by Gasteiger charge is -2.13. The molecule has 30 heavy (non-hydrogen) atoms. The predicted molar refractivity (Wildman–Crippen MR) is 118 cm³/mol. The highest BCUT2D eigenvalue weighted by atomic mass is 32.1. The average Bonchev–Trinajstić information content (AvgIpc) is 3.43. The number of carbonyl (C=O) groups excluding carboxylic acids is 2. The molecule has 1 atom stereocenters. The van der Waals surface area contributed by atoms with Crippen molar-refractivity contribution in [3.8, 4) is 10.6 Å². The van der Waals surface area contributed by atoms with Crippen LogP contribution in [-0.4, -0.2) is 36.1 Å². The van der Waals surface area contributed by atoms with E-state index in [4.69, 9.17) is 4.74 Å². The molecule has 2 N–H and O–H groups in total. The molecule has 1 unspecified atom stereocenters. The Morgan fingerprint density at radius 3 is 2.63 bits per heavy atom. The van der Waals surface area contributed by atoms with E-state index in [0.29, 0.717) is 28.4 Å². The Kier molecular flexibility index (Phi) is 6.21. The maximum atomic E-state index is 12.9. The van der Waals surface area contributed by atoms with Crippen molar-refractivity contribution < 1.29 is 14.3 Å². The molecular formula is C23H23N3O3S. The Bertz CT molecular complexity index is 1040. The van der Waals surface area contributed by atoms with Gasteiger partial charge < -0.3 is 15.4 Å². The van der Waals surface area contributed by atoms with Crippen molar-refractivity contribution in [2.24, 2.45) is 0 Å². The minimum atomic E-state index is -0.272. The number of anilines is 1. The first-order chi connectivity index (χ1) is 14.6. The van der Waals surface area contributed by atoms with Gasteiger partial charge in [-0.05, 0) is 31.9 Å². The highest BCUT2D eigenvalue weighted by Gasteiger charge is 2.20. The maximum absolute atomic E-state index is 12.9. The van der Waals surface area contributed by atoms with E-state index in [1.54, 1.807) is 24.3 Å². The molecule has 3 aromatic rings. The summed E-state index contributed by atoms with van der Waals surface area (Å²) in [6.07, 6.45) is 2.03. The minimum Gasteiger partial charge on any atom is -0.376 e. The summed E-state index contributed by atoms with van der Waals surface area (Å²) >= 11 is 1.34. The van der Waals surface area contributed by atoms with Crippen molar-refractivity contribution >= 4 is 28.8 Å². The third-order valence-electron chi connectivity index (χ3n) is 4.96. The quantitative estimate of drug-likeness (QED) is 0.623. The maximum Gasteiger partial charge on any atom is 0.267 e. The Hall–Kier alpha value is -3.03. The molecule has 1 aliphatic heterocycles. The van der Waals surface area contributed by atoms with Gasteiger partial charge in [0.2, 0.25) is 0 Å². The number of aryl methyl sites for hydroxylation is 1. The molecule has 1 aromatic heterocycles. The second-order valence-corrected chi connectivity index (χ2v) is 8.14. The Balaban J connectivity index is 1.48. The number of ether oxygens (including phenoxy) is 1.